The van der Waals surface area contributed by atoms with E-state index >= 15 is 0 Å². The maximum atomic E-state index is 13.7. The summed E-state index contributed by atoms with van der Waals surface area (Å²) < 4.78 is 14.3. The Kier molecular flexibility index (Phi) is 4.16. The summed E-state index contributed by atoms with van der Waals surface area (Å²) in [5.74, 6) is -0.821. The van der Waals surface area contributed by atoms with Crippen molar-refractivity contribution in [2.24, 2.45) is 5.73 Å². The molecule has 2 rings (SSSR count). The van der Waals surface area contributed by atoms with Crippen molar-refractivity contribution in [2.75, 3.05) is 5.32 Å². The summed E-state index contributed by atoms with van der Waals surface area (Å²) in [6, 6.07) is 11.7. The van der Waals surface area contributed by atoms with Crippen molar-refractivity contribution >= 4 is 27.5 Å². The third kappa shape index (κ3) is 3.32. The molecule has 2 aromatic carbocycles. The van der Waals surface area contributed by atoms with Crippen molar-refractivity contribution in [1.82, 2.24) is 0 Å². The van der Waals surface area contributed by atoms with Crippen LogP contribution in [0.25, 0.3) is 0 Å². The minimum atomic E-state index is -0.514. The van der Waals surface area contributed by atoms with Gasteiger partial charge in [0, 0.05) is 22.3 Å². The Morgan fingerprint density at radius 2 is 2.00 bits per heavy atom. The lowest BCUT2D eigenvalue weighted by atomic mass is 10.1. The number of nitrogens with one attached hydrogen (secondary N) is 1. The fraction of sp³-hybridized carbons (Fsp3) is 0.0714. The van der Waals surface area contributed by atoms with E-state index in [9.17, 15) is 9.18 Å². The molecule has 19 heavy (non-hydrogen) atoms. The van der Waals surface area contributed by atoms with Gasteiger partial charge in [-0.15, -0.1) is 0 Å². The zero-order valence-corrected chi connectivity index (χ0v) is 11.6. The van der Waals surface area contributed by atoms with Crippen LogP contribution in [-0.2, 0) is 6.54 Å². The highest BCUT2D eigenvalue weighted by atomic mass is 79.9. The Balaban J connectivity index is 2.17. The standard InChI is InChI=1S/C14H12BrFN2O/c15-10-6-5-9(12(16)7-10)8-18-13-4-2-1-3-11(13)14(17)19/h1-7,18H,8H2,(H2,17,19). The second-order valence-corrected chi connectivity index (χ2v) is 4.91. The van der Waals surface area contributed by atoms with Crippen LogP contribution in [0.3, 0.4) is 0 Å². The molecule has 0 radical (unpaired) electrons. The van der Waals surface area contributed by atoms with E-state index < -0.39 is 5.91 Å². The number of primary amides is 1. The van der Waals surface area contributed by atoms with Gasteiger partial charge in [-0.1, -0.05) is 34.1 Å². The number of amides is 1. The first-order valence-corrected chi connectivity index (χ1v) is 6.44. The maximum Gasteiger partial charge on any atom is 0.250 e. The van der Waals surface area contributed by atoms with Crippen molar-refractivity contribution < 1.29 is 9.18 Å². The van der Waals surface area contributed by atoms with Gasteiger partial charge in [0.15, 0.2) is 0 Å². The van der Waals surface area contributed by atoms with Crippen molar-refractivity contribution in [3.05, 3.63) is 63.9 Å². The highest BCUT2D eigenvalue weighted by Gasteiger charge is 2.08. The Labute approximate surface area is 118 Å². The molecule has 0 aliphatic carbocycles. The Hall–Kier alpha value is -1.88. The van der Waals surface area contributed by atoms with E-state index in [0.29, 0.717) is 21.3 Å². The van der Waals surface area contributed by atoms with E-state index in [1.54, 1.807) is 36.4 Å². The normalized spacial score (nSPS) is 10.2. The molecule has 0 atom stereocenters. The largest absolute Gasteiger partial charge is 0.380 e. The quantitative estimate of drug-likeness (QED) is 0.907. The molecule has 0 aliphatic heterocycles. The van der Waals surface area contributed by atoms with E-state index in [1.807, 2.05) is 0 Å². The second kappa shape index (κ2) is 5.84. The summed E-state index contributed by atoms with van der Waals surface area (Å²) in [4.78, 5) is 11.2. The molecule has 2 aromatic rings. The van der Waals surface area contributed by atoms with Gasteiger partial charge in [0.25, 0.3) is 5.91 Å². The topological polar surface area (TPSA) is 55.1 Å². The van der Waals surface area contributed by atoms with Crippen LogP contribution in [0, 0.1) is 5.82 Å². The molecule has 5 heteroatoms. The molecule has 0 aromatic heterocycles. The number of hydrogen-bond acceptors (Lipinski definition) is 2. The highest BCUT2D eigenvalue weighted by molar-refractivity contribution is 9.10. The third-order valence-electron chi connectivity index (χ3n) is 2.68. The number of carbonyl (C=O) groups excluding carboxylic acids is 1. The Bertz CT molecular complexity index is 616. The second-order valence-electron chi connectivity index (χ2n) is 4.00. The average Bonchev–Trinajstić information content (AvgIpc) is 2.38. The van der Waals surface area contributed by atoms with Crippen LogP contribution in [-0.4, -0.2) is 5.91 Å². The maximum absolute atomic E-state index is 13.7. The first-order valence-electron chi connectivity index (χ1n) is 5.64. The van der Waals surface area contributed by atoms with Gasteiger partial charge in [0.2, 0.25) is 0 Å². The van der Waals surface area contributed by atoms with Crippen molar-refractivity contribution in [3.8, 4) is 0 Å². The van der Waals surface area contributed by atoms with Crippen LogP contribution in [0.2, 0.25) is 0 Å². The van der Waals surface area contributed by atoms with Crippen molar-refractivity contribution in [3.63, 3.8) is 0 Å². The smallest absolute Gasteiger partial charge is 0.250 e. The number of anilines is 1. The van der Waals surface area contributed by atoms with Gasteiger partial charge in [0.1, 0.15) is 5.82 Å². The van der Waals surface area contributed by atoms with Gasteiger partial charge >= 0.3 is 0 Å². The molecule has 0 bridgehead atoms. The predicted molar refractivity (Wildman–Crippen MR) is 76.4 cm³/mol. The predicted octanol–water partition coefficient (Wildman–Crippen LogP) is 3.30. The number of rotatable bonds is 4. The highest BCUT2D eigenvalue weighted by Crippen LogP contribution is 2.19. The van der Waals surface area contributed by atoms with Crippen molar-refractivity contribution in [1.29, 1.82) is 0 Å². The zero-order valence-electron chi connectivity index (χ0n) is 9.99. The van der Waals surface area contributed by atoms with Gasteiger partial charge in [-0.3, -0.25) is 4.79 Å². The fourth-order valence-corrected chi connectivity index (χ4v) is 2.04. The zero-order chi connectivity index (χ0) is 13.8. The molecule has 0 fully saturated rings. The van der Waals surface area contributed by atoms with Crippen LogP contribution in [0.4, 0.5) is 10.1 Å². The van der Waals surface area contributed by atoms with Crippen LogP contribution in [0.5, 0.6) is 0 Å². The van der Waals surface area contributed by atoms with Crippen LogP contribution in [0.15, 0.2) is 46.9 Å². The van der Waals surface area contributed by atoms with E-state index in [1.165, 1.54) is 6.07 Å². The molecule has 3 N–H and O–H groups in total. The first-order chi connectivity index (χ1) is 9.08. The lowest BCUT2D eigenvalue weighted by molar-refractivity contribution is 0.100. The number of hydrogen-bond donors (Lipinski definition) is 2. The average molecular weight is 323 g/mol. The molecule has 3 nitrogen and oxygen atoms in total. The lowest BCUT2D eigenvalue weighted by Crippen LogP contribution is -2.14. The first kappa shape index (κ1) is 13.5. The molecule has 98 valence electrons. The molecular formula is C14H12BrFN2O. The number of para-hydroxylation sites is 1. The summed E-state index contributed by atoms with van der Waals surface area (Å²) >= 11 is 3.20. The van der Waals surface area contributed by atoms with Crippen LogP contribution >= 0.6 is 15.9 Å². The monoisotopic (exact) mass is 322 g/mol. The van der Waals surface area contributed by atoms with E-state index in [0.717, 1.165) is 0 Å². The molecule has 0 spiro atoms. The summed E-state index contributed by atoms with van der Waals surface area (Å²) in [5.41, 5.74) is 6.77. The van der Waals surface area contributed by atoms with E-state index in [4.69, 9.17) is 5.73 Å². The summed E-state index contributed by atoms with van der Waals surface area (Å²) in [6.45, 7) is 0.281. The van der Waals surface area contributed by atoms with E-state index in [-0.39, 0.29) is 12.4 Å². The fourth-order valence-electron chi connectivity index (χ4n) is 1.71. The SMILES string of the molecule is NC(=O)c1ccccc1NCc1ccc(Br)cc1F. The molecular weight excluding hydrogens is 311 g/mol. The number of nitrogens with two attached hydrogens (primary N) is 1. The van der Waals surface area contributed by atoms with Crippen LogP contribution in [0.1, 0.15) is 15.9 Å². The third-order valence-corrected chi connectivity index (χ3v) is 3.17. The number of halogens is 2. The molecule has 0 aliphatic rings. The molecule has 0 saturated carbocycles. The summed E-state index contributed by atoms with van der Waals surface area (Å²) in [6.07, 6.45) is 0. The van der Waals surface area contributed by atoms with Gasteiger partial charge in [0.05, 0.1) is 5.56 Å². The molecule has 1 amide bonds. The summed E-state index contributed by atoms with van der Waals surface area (Å²) in [5, 5.41) is 3.02. The molecule has 0 heterocycles. The van der Waals surface area contributed by atoms with Crippen LogP contribution < -0.4 is 11.1 Å². The van der Waals surface area contributed by atoms with Gasteiger partial charge in [-0.25, -0.2) is 4.39 Å². The number of benzene rings is 2. The minimum Gasteiger partial charge on any atom is -0.380 e. The van der Waals surface area contributed by atoms with E-state index in [2.05, 4.69) is 21.2 Å². The lowest BCUT2D eigenvalue weighted by Gasteiger charge is -2.10. The van der Waals surface area contributed by atoms with Crippen molar-refractivity contribution in [2.45, 2.75) is 6.54 Å². The Morgan fingerprint density at radius 3 is 2.68 bits per heavy atom. The number of carbonyl (C=O) groups is 1. The minimum absolute atomic E-state index is 0.281. The van der Waals surface area contributed by atoms with Gasteiger partial charge in [-0.05, 0) is 24.3 Å². The van der Waals surface area contributed by atoms with Gasteiger partial charge in [-0.2, -0.15) is 0 Å². The summed E-state index contributed by atoms with van der Waals surface area (Å²) in [7, 11) is 0. The molecule has 0 saturated heterocycles. The molecule has 0 unspecified atom stereocenters. The Morgan fingerprint density at radius 1 is 1.26 bits per heavy atom. The van der Waals surface area contributed by atoms with Gasteiger partial charge < -0.3 is 11.1 Å².